The summed E-state index contributed by atoms with van der Waals surface area (Å²) < 4.78 is 13.7. The zero-order chi connectivity index (χ0) is 19.8. The second-order valence-electron chi connectivity index (χ2n) is 7.52. The number of benzene rings is 2. The Morgan fingerprint density at radius 3 is 2.39 bits per heavy atom. The summed E-state index contributed by atoms with van der Waals surface area (Å²) in [5.41, 5.74) is 1.57. The molecule has 2 aliphatic rings. The van der Waals surface area contributed by atoms with Crippen molar-refractivity contribution in [2.75, 3.05) is 0 Å². The number of halogens is 1. The number of aliphatic hydroxyl groups is 1. The highest BCUT2D eigenvalue weighted by atomic mass is 19.1. The number of nitrogens with zero attached hydrogens (tertiary/aromatic N) is 1. The van der Waals surface area contributed by atoms with Gasteiger partial charge in [-0.05, 0) is 49.1 Å². The number of aliphatic hydroxyl groups excluding tert-OH is 1. The van der Waals surface area contributed by atoms with Gasteiger partial charge in [-0.2, -0.15) is 0 Å². The van der Waals surface area contributed by atoms with Gasteiger partial charge in [-0.15, -0.1) is 0 Å². The number of aryl methyl sites for hydroxylation is 1. The Labute approximate surface area is 163 Å². The molecule has 5 heteroatoms. The molecular weight excluding hydrogens is 357 g/mol. The number of amides is 1. The minimum Gasteiger partial charge on any atom is -0.507 e. The molecule has 0 aromatic heterocycles. The topological polar surface area (TPSA) is 57.6 Å². The molecule has 1 aliphatic carbocycles. The Morgan fingerprint density at radius 1 is 1.07 bits per heavy atom. The van der Waals surface area contributed by atoms with E-state index in [2.05, 4.69) is 0 Å². The molecule has 0 spiro atoms. The highest BCUT2D eigenvalue weighted by Crippen LogP contribution is 2.43. The molecule has 4 nitrogen and oxygen atoms in total. The third kappa shape index (κ3) is 3.01. The van der Waals surface area contributed by atoms with E-state index in [-0.39, 0.29) is 23.2 Å². The van der Waals surface area contributed by atoms with Gasteiger partial charge in [0.1, 0.15) is 11.6 Å². The van der Waals surface area contributed by atoms with E-state index in [1.165, 1.54) is 18.2 Å². The molecule has 1 N–H and O–H groups in total. The van der Waals surface area contributed by atoms with E-state index in [0.29, 0.717) is 11.1 Å². The first kappa shape index (κ1) is 18.4. The number of carbonyl (C=O) groups excluding carboxylic acids is 2. The summed E-state index contributed by atoms with van der Waals surface area (Å²) in [5.74, 6) is -1.89. The van der Waals surface area contributed by atoms with Crippen LogP contribution in [0.2, 0.25) is 0 Å². The Balaban J connectivity index is 1.89. The predicted octanol–water partition coefficient (Wildman–Crippen LogP) is 4.50. The van der Waals surface area contributed by atoms with Gasteiger partial charge in [0.2, 0.25) is 0 Å². The maximum absolute atomic E-state index is 13.7. The van der Waals surface area contributed by atoms with Crippen LogP contribution in [0.5, 0.6) is 0 Å². The predicted molar refractivity (Wildman–Crippen MR) is 104 cm³/mol. The molecule has 28 heavy (non-hydrogen) atoms. The quantitative estimate of drug-likeness (QED) is 0.485. The van der Waals surface area contributed by atoms with Crippen LogP contribution < -0.4 is 0 Å². The van der Waals surface area contributed by atoms with Crippen LogP contribution in [0.1, 0.15) is 48.4 Å². The van der Waals surface area contributed by atoms with Crippen molar-refractivity contribution in [3.63, 3.8) is 0 Å². The van der Waals surface area contributed by atoms with Crippen molar-refractivity contribution < 1.29 is 19.1 Å². The van der Waals surface area contributed by atoms with E-state index >= 15 is 0 Å². The molecule has 1 unspecified atom stereocenters. The lowest BCUT2D eigenvalue weighted by atomic mass is 9.94. The summed E-state index contributed by atoms with van der Waals surface area (Å²) >= 11 is 0. The lowest BCUT2D eigenvalue weighted by Gasteiger charge is -2.30. The molecule has 1 heterocycles. The maximum atomic E-state index is 13.7. The minimum absolute atomic E-state index is 0.0121. The van der Waals surface area contributed by atoms with Gasteiger partial charge in [0.05, 0.1) is 11.6 Å². The fourth-order valence-corrected chi connectivity index (χ4v) is 4.32. The number of Topliss-reactive ketones (excluding diaryl/α,β-unsaturated/α-hetero) is 1. The molecule has 1 atom stereocenters. The summed E-state index contributed by atoms with van der Waals surface area (Å²) in [7, 11) is 0. The highest BCUT2D eigenvalue weighted by Gasteiger charge is 2.49. The van der Waals surface area contributed by atoms with Crippen LogP contribution in [0, 0.1) is 12.7 Å². The average molecular weight is 379 g/mol. The largest absolute Gasteiger partial charge is 0.507 e. The lowest BCUT2D eigenvalue weighted by molar-refractivity contribution is -0.141. The van der Waals surface area contributed by atoms with Crippen molar-refractivity contribution in [1.82, 2.24) is 4.90 Å². The molecule has 2 aromatic carbocycles. The number of ketones is 1. The van der Waals surface area contributed by atoms with Crippen molar-refractivity contribution in [2.45, 2.75) is 44.7 Å². The van der Waals surface area contributed by atoms with E-state index in [1.54, 1.807) is 11.8 Å². The number of carbonyl (C=O) groups is 2. The zero-order valence-electron chi connectivity index (χ0n) is 15.7. The van der Waals surface area contributed by atoms with Crippen LogP contribution in [-0.4, -0.2) is 27.7 Å². The molecule has 1 amide bonds. The van der Waals surface area contributed by atoms with Gasteiger partial charge in [-0.1, -0.05) is 43.2 Å². The first-order valence-electron chi connectivity index (χ1n) is 9.60. The standard InChI is InChI=1S/C23H22FNO3/c1-14-13-16(11-12-18(14)24)21(26)19-20(15-7-3-2-4-8-15)25(23(28)22(19)27)17-9-5-6-10-17/h2-4,7-8,11-13,17,20,26H,5-6,9-10H2,1H3/b21-19-. The molecule has 1 saturated heterocycles. The summed E-state index contributed by atoms with van der Waals surface area (Å²) in [5, 5.41) is 11.0. The first-order chi connectivity index (χ1) is 13.5. The summed E-state index contributed by atoms with van der Waals surface area (Å²) in [4.78, 5) is 27.5. The van der Waals surface area contributed by atoms with E-state index in [1.807, 2.05) is 30.3 Å². The summed E-state index contributed by atoms with van der Waals surface area (Å²) in [6.45, 7) is 1.60. The van der Waals surface area contributed by atoms with Gasteiger partial charge < -0.3 is 10.0 Å². The highest BCUT2D eigenvalue weighted by molar-refractivity contribution is 6.46. The van der Waals surface area contributed by atoms with Crippen LogP contribution in [0.3, 0.4) is 0 Å². The van der Waals surface area contributed by atoms with Crippen molar-refractivity contribution in [1.29, 1.82) is 0 Å². The lowest BCUT2D eigenvalue weighted by Crippen LogP contribution is -2.37. The third-order valence-electron chi connectivity index (χ3n) is 5.74. The molecule has 144 valence electrons. The monoisotopic (exact) mass is 379 g/mol. The van der Waals surface area contributed by atoms with Crippen LogP contribution in [0.15, 0.2) is 54.1 Å². The van der Waals surface area contributed by atoms with Gasteiger partial charge in [0.25, 0.3) is 11.7 Å². The number of hydrogen-bond donors (Lipinski definition) is 1. The van der Waals surface area contributed by atoms with Crippen molar-refractivity contribution in [3.05, 3.63) is 76.6 Å². The van der Waals surface area contributed by atoms with Gasteiger partial charge in [0.15, 0.2) is 0 Å². The van der Waals surface area contributed by atoms with E-state index in [4.69, 9.17) is 0 Å². The van der Waals surface area contributed by atoms with Crippen LogP contribution in [-0.2, 0) is 9.59 Å². The molecule has 0 bridgehead atoms. The van der Waals surface area contributed by atoms with Crippen molar-refractivity contribution in [3.8, 4) is 0 Å². The molecule has 0 radical (unpaired) electrons. The third-order valence-corrected chi connectivity index (χ3v) is 5.74. The Bertz CT molecular complexity index is 961. The molecule has 2 aromatic rings. The van der Waals surface area contributed by atoms with E-state index in [0.717, 1.165) is 31.2 Å². The molecular formula is C23H22FNO3. The Hall–Kier alpha value is -2.95. The van der Waals surface area contributed by atoms with Gasteiger partial charge >= 0.3 is 0 Å². The number of likely N-dealkylation sites (tertiary alicyclic amines) is 1. The van der Waals surface area contributed by atoms with Crippen LogP contribution >= 0.6 is 0 Å². The maximum Gasteiger partial charge on any atom is 0.295 e. The fourth-order valence-electron chi connectivity index (χ4n) is 4.32. The average Bonchev–Trinajstić information content (AvgIpc) is 3.31. The minimum atomic E-state index is -0.680. The van der Waals surface area contributed by atoms with Gasteiger partial charge in [0, 0.05) is 11.6 Å². The molecule has 1 saturated carbocycles. The van der Waals surface area contributed by atoms with Crippen LogP contribution in [0.4, 0.5) is 4.39 Å². The fraction of sp³-hybridized carbons (Fsp3) is 0.304. The second-order valence-corrected chi connectivity index (χ2v) is 7.52. The number of rotatable bonds is 3. The SMILES string of the molecule is Cc1cc(/C(O)=C2/C(=O)C(=O)N(C3CCCC3)C2c2ccccc2)ccc1F. The van der Waals surface area contributed by atoms with Crippen LogP contribution in [0.25, 0.3) is 5.76 Å². The van der Waals surface area contributed by atoms with Crippen molar-refractivity contribution >= 4 is 17.4 Å². The molecule has 2 fully saturated rings. The number of hydrogen-bond acceptors (Lipinski definition) is 3. The van der Waals surface area contributed by atoms with Crippen molar-refractivity contribution in [2.24, 2.45) is 0 Å². The van der Waals surface area contributed by atoms with Gasteiger partial charge in [-0.3, -0.25) is 9.59 Å². The zero-order valence-corrected chi connectivity index (χ0v) is 15.7. The normalized spacial score (nSPS) is 22.2. The first-order valence-corrected chi connectivity index (χ1v) is 9.60. The van der Waals surface area contributed by atoms with E-state index in [9.17, 15) is 19.1 Å². The smallest absolute Gasteiger partial charge is 0.295 e. The Kier molecular flexibility index (Phi) is 4.75. The van der Waals surface area contributed by atoms with E-state index < -0.39 is 17.7 Å². The Morgan fingerprint density at radius 2 is 1.75 bits per heavy atom. The van der Waals surface area contributed by atoms with Gasteiger partial charge in [-0.25, -0.2) is 4.39 Å². The second kappa shape index (κ2) is 7.23. The summed E-state index contributed by atoms with van der Waals surface area (Å²) in [6, 6.07) is 12.8. The molecule has 1 aliphatic heterocycles. The molecule has 4 rings (SSSR count). The summed E-state index contributed by atoms with van der Waals surface area (Å²) in [6.07, 6.45) is 3.75.